The molecule has 0 aliphatic carbocycles. The minimum absolute atomic E-state index is 0.403. The zero-order chi connectivity index (χ0) is 18.9. The van der Waals surface area contributed by atoms with E-state index in [1.807, 2.05) is 16.8 Å². The number of amides is 1. The number of hydrogen-bond acceptors (Lipinski definition) is 6. The number of carbonyl (C=O) groups is 2. The second kappa shape index (κ2) is 7.06. The number of anilines is 1. The van der Waals surface area contributed by atoms with Crippen LogP contribution in [-0.2, 0) is 9.59 Å². The van der Waals surface area contributed by atoms with Gasteiger partial charge in [0.2, 0.25) is 5.91 Å². The van der Waals surface area contributed by atoms with E-state index in [1.165, 1.54) is 17.7 Å². The van der Waals surface area contributed by atoms with Gasteiger partial charge in [0.25, 0.3) is 0 Å². The molecule has 7 nitrogen and oxygen atoms in total. The van der Waals surface area contributed by atoms with Gasteiger partial charge in [-0.25, -0.2) is 14.8 Å². The molecule has 2 aromatic heterocycles. The normalized spacial score (nSPS) is 18.9. The van der Waals surface area contributed by atoms with Gasteiger partial charge in [-0.3, -0.25) is 4.79 Å². The van der Waals surface area contributed by atoms with Crippen molar-refractivity contribution >= 4 is 39.2 Å². The van der Waals surface area contributed by atoms with Gasteiger partial charge < -0.3 is 15.3 Å². The molecule has 1 aliphatic heterocycles. The Morgan fingerprint density at radius 3 is 2.88 bits per heavy atom. The lowest BCUT2D eigenvalue weighted by Crippen LogP contribution is -2.51. The van der Waals surface area contributed by atoms with Gasteiger partial charge in [0.1, 0.15) is 29.1 Å². The molecule has 2 unspecified atom stereocenters. The highest BCUT2D eigenvalue weighted by molar-refractivity contribution is 7.16. The molecule has 0 spiro atoms. The van der Waals surface area contributed by atoms with Crippen molar-refractivity contribution in [2.75, 3.05) is 11.4 Å². The van der Waals surface area contributed by atoms with Gasteiger partial charge >= 0.3 is 12.1 Å². The van der Waals surface area contributed by atoms with Crippen molar-refractivity contribution in [1.29, 1.82) is 0 Å². The summed E-state index contributed by atoms with van der Waals surface area (Å²) >= 11 is 1.41. The van der Waals surface area contributed by atoms with Gasteiger partial charge in [-0.2, -0.15) is 13.2 Å². The van der Waals surface area contributed by atoms with Crippen LogP contribution < -0.4 is 10.2 Å². The first-order valence-corrected chi connectivity index (χ1v) is 8.69. The van der Waals surface area contributed by atoms with Crippen molar-refractivity contribution in [2.45, 2.75) is 37.5 Å². The van der Waals surface area contributed by atoms with E-state index in [0.29, 0.717) is 25.2 Å². The van der Waals surface area contributed by atoms with Crippen molar-refractivity contribution in [3.05, 3.63) is 17.8 Å². The molecule has 1 amide bonds. The molecule has 140 valence electrons. The molecular formula is C15H15F3N4O3S. The van der Waals surface area contributed by atoms with E-state index in [2.05, 4.69) is 9.97 Å². The molecule has 0 radical (unpaired) electrons. The highest BCUT2D eigenvalue weighted by Crippen LogP contribution is 2.32. The maximum absolute atomic E-state index is 12.5. The molecule has 3 heterocycles. The molecule has 11 heteroatoms. The number of fused-ring (bicyclic) bond motifs is 1. The fourth-order valence-electron chi connectivity index (χ4n) is 3.00. The van der Waals surface area contributed by atoms with Gasteiger partial charge in [0.05, 0.1) is 11.8 Å². The number of aliphatic carboxylic acids is 1. The Morgan fingerprint density at radius 1 is 1.42 bits per heavy atom. The number of halogens is 3. The van der Waals surface area contributed by atoms with Crippen LogP contribution in [0.25, 0.3) is 10.2 Å². The van der Waals surface area contributed by atoms with Crippen LogP contribution in [0.3, 0.4) is 0 Å². The molecule has 2 N–H and O–H groups in total. The lowest BCUT2D eigenvalue weighted by molar-refractivity contribution is -0.160. The summed E-state index contributed by atoms with van der Waals surface area (Å²) in [6.07, 6.45) is -3.90. The summed E-state index contributed by atoms with van der Waals surface area (Å²) in [5.74, 6) is -1.94. The molecule has 1 saturated heterocycles. The zero-order valence-corrected chi connectivity index (χ0v) is 14.2. The molecule has 1 aliphatic rings. The first-order valence-electron chi connectivity index (χ1n) is 7.81. The highest BCUT2D eigenvalue weighted by atomic mass is 32.1. The summed E-state index contributed by atoms with van der Waals surface area (Å²) in [6, 6.07) is -0.980. The van der Waals surface area contributed by atoms with Crippen molar-refractivity contribution in [3.8, 4) is 0 Å². The smallest absolute Gasteiger partial charge is 0.391 e. The van der Waals surface area contributed by atoms with Gasteiger partial charge in [-0.05, 0) is 24.3 Å². The van der Waals surface area contributed by atoms with Crippen LogP contribution in [-0.4, -0.2) is 51.8 Å². The van der Waals surface area contributed by atoms with E-state index >= 15 is 0 Å². The van der Waals surface area contributed by atoms with Crippen LogP contribution in [0.1, 0.15) is 19.3 Å². The molecule has 1 fully saturated rings. The maximum Gasteiger partial charge on any atom is 0.391 e. The number of alkyl halides is 3. The zero-order valence-electron chi connectivity index (χ0n) is 13.4. The minimum atomic E-state index is -4.69. The maximum atomic E-state index is 12.5. The second-order valence-corrected chi connectivity index (χ2v) is 6.80. The standard InChI is InChI=1S/C15H15F3N4O3S/c16-15(17,18)6-9(14(24)25)21-12(23)10-2-1-4-22(10)11-8-3-5-26-13(8)20-7-19-11/h3,5,7,9-10H,1-2,4,6H2,(H,21,23)(H,24,25). The Morgan fingerprint density at radius 2 is 2.19 bits per heavy atom. The number of carbonyl (C=O) groups excluding carboxylic acids is 1. The molecular weight excluding hydrogens is 373 g/mol. The van der Waals surface area contributed by atoms with Crippen LogP contribution in [0.2, 0.25) is 0 Å². The quantitative estimate of drug-likeness (QED) is 0.815. The molecule has 2 aromatic rings. The van der Waals surface area contributed by atoms with Gasteiger partial charge in [-0.1, -0.05) is 0 Å². The SMILES string of the molecule is O=C(O)C(CC(F)(F)F)NC(=O)C1CCCN1c1ncnc2sccc12. The first kappa shape index (κ1) is 18.4. The number of hydrogen-bond donors (Lipinski definition) is 2. The fraction of sp³-hybridized carbons (Fsp3) is 0.467. The molecule has 0 bridgehead atoms. The molecule has 3 rings (SSSR count). The van der Waals surface area contributed by atoms with Crippen molar-refractivity contribution < 1.29 is 27.9 Å². The number of thiophene rings is 1. The topological polar surface area (TPSA) is 95.4 Å². The van der Waals surface area contributed by atoms with E-state index in [-0.39, 0.29) is 0 Å². The van der Waals surface area contributed by atoms with Gasteiger partial charge in [0.15, 0.2) is 0 Å². The summed E-state index contributed by atoms with van der Waals surface area (Å²) < 4.78 is 37.6. The molecule has 0 aromatic carbocycles. The number of rotatable bonds is 5. The summed E-state index contributed by atoms with van der Waals surface area (Å²) in [7, 11) is 0. The summed E-state index contributed by atoms with van der Waals surface area (Å²) in [5.41, 5.74) is 0. The average molecular weight is 388 g/mol. The Bertz CT molecular complexity index is 826. The Hall–Kier alpha value is -2.43. The average Bonchev–Trinajstić information content (AvgIpc) is 3.21. The summed E-state index contributed by atoms with van der Waals surface area (Å²) in [6.45, 7) is 0.497. The number of nitrogens with zero attached hydrogens (tertiary/aromatic N) is 3. The monoisotopic (exact) mass is 388 g/mol. The largest absolute Gasteiger partial charge is 0.480 e. The number of carboxylic acids is 1. The Balaban J connectivity index is 1.80. The predicted octanol–water partition coefficient (Wildman–Crippen LogP) is 2.18. The van der Waals surface area contributed by atoms with Crippen LogP contribution >= 0.6 is 11.3 Å². The van der Waals surface area contributed by atoms with E-state index in [9.17, 15) is 22.8 Å². The van der Waals surface area contributed by atoms with Crippen LogP contribution in [0, 0.1) is 0 Å². The summed E-state index contributed by atoms with van der Waals surface area (Å²) in [4.78, 5) is 34.3. The molecule has 26 heavy (non-hydrogen) atoms. The predicted molar refractivity (Wildman–Crippen MR) is 88.0 cm³/mol. The third-order valence-corrected chi connectivity index (χ3v) is 4.94. The lowest BCUT2D eigenvalue weighted by atomic mass is 10.1. The van der Waals surface area contributed by atoms with Crippen molar-refractivity contribution in [2.24, 2.45) is 0 Å². The minimum Gasteiger partial charge on any atom is -0.480 e. The number of nitrogens with one attached hydrogen (secondary N) is 1. The molecule has 2 atom stereocenters. The lowest BCUT2D eigenvalue weighted by Gasteiger charge is -2.26. The first-order chi connectivity index (χ1) is 12.3. The van der Waals surface area contributed by atoms with Crippen molar-refractivity contribution in [1.82, 2.24) is 15.3 Å². The third kappa shape index (κ3) is 3.87. The van der Waals surface area contributed by atoms with Gasteiger partial charge in [0, 0.05) is 6.54 Å². The third-order valence-electron chi connectivity index (χ3n) is 4.12. The van der Waals surface area contributed by atoms with Crippen LogP contribution in [0.15, 0.2) is 17.8 Å². The van der Waals surface area contributed by atoms with Crippen molar-refractivity contribution in [3.63, 3.8) is 0 Å². The fourth-order valence-corrected chi connectivity index (χ4v) is 3.73. The summed E-state index contributed by atoms with van der Waals surface area (Å²) in [5, 5.41) is 13.6. The number of carboxylic acid groups (broad SMARTS) is 1. The highest BCUT2D eigenvalue weighted by Gasteiger charge is 2.39. The van der Waals surface area contributed by atoms with E-state index < -0.39 is 36.6 Å². The number of aromatic nitrogens is 2. The van der Waals surface area contributed by atoms with Crippen LogP contribution in [0.4, 0.5) is 19.0 Å². The Kier molecular flexibility index (Phi) is 4.99. The van der Waals surface area contributed by atoms with E-state index in [4.69, 9.17) is 5.11 Å². The van der Waals surface area contributed by atoms with Gasteiger partial charge in [-0.15, -0.1) is 11.3 Å². The Labute approximate surface area is 149 Å². The van der Waals surface area contributed by atoms with E-state index in [1.54, 1.807) is 4.90 Å². The second-order valence-electron chi connectivity index (χ2n) is 5.91. The molecule has 0 saturated carbocycles. The van der Waals surface area contributed by atoms with Crippen LogP contribution in [0.5, 0.6) is 0 Å². The van der Waals surface area contributed by atoms with E-state index in [0.717, 1.165) is 10.2 Å².